The fourth-order valence-corrected chi connectivity index (χ4v) is 5.43. The third-order valence-corrected chi connectivity index (χ3v) is 6.90. The van der Waals surface area contributed by atoms with Crippen LogP contribution in [0.5, 0.6) is 0 Å². The molecule has 1 aliphatic heterocycles. The maximum absolute atomic E-state index is 12.8. The topological polar surface area (TPSA) is 94.0 Å². The summed E-state index contributed by atoms with van der Waals surface area (Å²) in [4.78, 5) is 17.1. The number of carbonyl (C=O) groups excluding carboxylic acids is 1. The third-order valence-electron chi connectivity index (χ3n) is 4.61. The number of benzene rings is 1. The second kappa shape index (κ2) is 7.02. The number of amides is 1. The van der Waals surface area contributed by atoms with Crippen LogP contribution >= 0.6 is 23.2 Å². The molecule has 3 aromatic rings. The van der Waals surface area contributed by atoms with E-state index in [4.69, 9.17) is 23.2 Å². The Bertz CT molecular complexity index is 1210. The average molecular weight is 439 g/mol. The summed E-state index contributed by atoms with van der Waals surface area (Å²) in [6, 6.07) is 7.93. The predicted molar refractivity (Wildman–Crippen MR) is 109 cm³/mol. The number of aryl methyl sites for hydroxylation is 1. The molecule has 0 saturated carbocycles. The summed E-state index contributed by atoms with van der Waals surface area (Å²) in [5.74, 6) is 0.103. The number of halogens is 2. The first kappa shape index (κ1) is 19.2. The standard InChI is InChI=1S/C18H16Cl2N4O3S/c1-10-6-17(24(23-10)12-4-5-28(26,27)9-12)22-18(25)16-8-14(20)13-7-11(19)2-3-15(13)21-16/h2-3,6-8,12H,4-5,9H2,1H3,(H,22,25). The lowest BCUT2D eigenvalue weighted by molar-refractivity contribution is 0.102. The lowest BCUT2D eigenvalue weighted by Gasteiger charge is -2.14. The van der Waals surface area contributed by atoms with Crippen LogP contribution in [-0.4, -0.2) is 40.6 Å². The fourth-order valence-electron chi connectivity index (χ4n) is 3.31. The molecule has 4 rings (SSSR count). The van der Waals surface area contributed by atoms with Gasteiger partial charge in [-0.15, -0.1) is 0 Å². The Kier molecular flexibility index (Phi) is 4.81. The van der Waals surface area contributed by atoms with Crippen LogP contribution < -0.4 is 5.32 Å². The number of fused-ring (bicyclic) bond motifs is 1. The highest BCUT2D eigenvalue weighted by Crippen LogP contribution is 2.29. The van der Waals surface area contributed by atoms with E-state index in [-0.39, 0.29) is 23.2 Å². The summed E-state index contributed by atoms with van der Waals surface area (Å²) < 4.78 is 25.2. The van der Waals surface area contributed by atoms with Gasteiger partial charge in [0.05, 0.1) is 33.8 Å². The van der Waals surface area contributed by atoms with Crippen molar-refractivity contribution in [3.8, 4) is 0 Å². The van der Waals surface area contributed by atoms with E-state index in [0.717, 1.165) is 0 Å². The molecular formula is C18H16Cl2N4O3S. The fraction of sp³-hybridized carbons (Fsp3) is 0.278. The van der Waals surface area contributed by atoms with Gasteiger partial charge in [0.2, 0.25) is 0 Å². The number of anilines is 1. The van der Waals surface area contributed by atoms with Crippen molar-refractivity contribution in [3.63, 3.8) is 0 Å². The highest BCUT2D eigenvalue weighted by molar-refractivity contribution is 7.91. The highest BCUT2D eigenvalue weighted by Gasteiger charge is 2.31. The van der Waals surface area contributed by atoms with Gasteiger partial charge >= 0.3 is 0 Å². The SMILES string of the molecule is Cc1cc(NC(=O)c2cc(Cl)c3cc(Cl)ccc3n2)n(C2CCS(=O)(=O)C2)n1. The smallest absolute Gasteiger partial charge is 0.275 e. The molecule has 7 nitrogen and oxygen atoms in total. The Labute approximate surface area is 171 Å². The molecule has 1 saturated heterocycles. The van der Waals surface area contributed by atoms with E-state index in [9.17, 15) is 13.2 Å². The lowest BCUT2D eigenvalue weighted by atomic mass is 10.2. The molecule has 0 spiro atoms. The minimum atomic E-state index is -3.08. The maximum Gasteiger partial charge on any atom is 0.275 e. The van der Waals surface area contributed by atoms with Crippen molar-refractivity contribution < 1.29 is 13.2 Å². The van der Waals surface area contributed by atoms with Gasteiger partial charge in [-0.05, 0) is 37.6 Å². The van der Waals surface area contributed by atoms with Crippen molar-refractivity contribution in [1.82, 2.24) is 14.8 Å². The Morgan fingerprint density at radius 1 is 1.25 bits per heavy atom. The van der Waals surface area contributed by atoms with Gasteiger partial charge in [0, 0.05) is 16.5 Å². The number of pyridine rings is 1. The summed E-state index contributed by atoms with van der Waals surface area (Å²) >= 11 is 12.3. The molecule has 28 heavy (non-hydrogen) atoms. The zero-order chi connectivity index (χ0) is 20.1. The number of rotatable bonds is 3. The molecule has 0 aliphatic carbocycles. The van der Waals surface area contributed by atoms with Crippen molar-refractivity contribution >= 4 is 55.7 Å². The number of hydrogen-bond acceptors (Lipinski definition) is 5. The Morgan fingerprint density at radius 2 is 2.04 bits per heavy atom. The van der Waals surface area contributed by atoms with Gasteiger partial charge in [-0.25, -0.2) is 18.1 Å². The highest BCUT2D eigenvalue weighted by atomic mass is 35.5. The van der Waals surface area contributed by atoms with E-state index in [1.54, 1.807) is 35.9 Å². The van der Waals surface area contributed by atoms with E-state index >= 15 is 0 Å². The van der Waals surface area contributed by atoms with Crippen molar-refractivity contribution in [2.24, 2.45) is 0 Å². The number of nitrogens with one attached hydrogen (secondary N) is 1. The van der Waals surface area contributed by atoms with E-state index in [0.29, 0.717) is 38.9 Å². The van der Waals surface area contributed by atoms with Gasteiger partial charge < -0.3 is 5.32 Å². The maximum atomic E-state index is 12.8. The molecule has 3 heterocycles. The normalized spacial score (nSPS) is 18.5. The molecule has 1 atom stereocenters. The van der Waals surface area contributed by atoms with Crippen LogP contribution in [0.3, 0.4) is 0 Å². The van der Waals surface area contributed by atoms with Crippen LogP contribution in [0, 0.1) is 6.92 Å². The molecule has 1 N–H and O–H groups in total. The van der Waals surface area contributed by atoms with Gasteiger partial charge in [-0.1, -0.05) is 23.2 Å². The lowest BCUT2D eigenvalue weighted by Crippen LogP contribution is -2.20. The third kappa shape index (κ3) is 3.72. The van der Waals surface area contributed by atoms with Gasteiger partial charge in [0.25, 0.3) is 5.91 Å². The first-order chi connectivity index (χ1) is 13.2. The van der Waals surface area contributed by atoms with Crippen molar-refractivity contribution in [2.45, 2.75) is 19.4 Å². The second-order valence-corrected chi connectivity index (χ2v) is 9.85. The van der Waals surface area contributed by atoms with Crippen molar-refractivity contribution in [3.05, 3.63) is 51.8 Å². The van der Waals surface area contributed by atoms with E-state index in [1.165, 1.54) is 6.07 Å². The van der Waals surface area contributed by atoms with Crippen LogP contribution in [0.15, 0.2) is 30.3 Å². The van der Waals surface area contributed by atoms with Gasteiger partial charge in [0.1, 0.15) is 11.5 Å². The Balaban J connectivity index is 1.64. The van der Waals surface area contributed by atoms with Gasteiger partial charge in [-0.3, -0.25) is 4.79 Å². The van der Waals surface area contributed by atoms with Crippen LogP contribution in [0.25, 0.3) is 10.9 Å². The quantitative estimate of drug-likeness (QED) is 0.672. The molecule has 146 valence electrons. The number of carbonyl (C=O) groups is 1. The Morgan fingerprint density at radius 3 is 2.75 bits per heavy atom. The largest absolute Gasteiger partial charge is 0.305 e. The minimum Gasteiger partial charge on any atom is -0.305 e. The molecular weight excluding hydrogens is 423 g/mol. The van der Waals surface area contributed by atoms with E-state index in [1.807, 2.05) is 0 Å². The summed E-state index contributed by atoms with van der Waals surface area (Å²) in [5, 5.41) is 8.68. The minimum absolute atomic E-state index is 0.0117. The molecule has 1 fully saturated rings. The second-order valence-electron chi connectivity index (χ2n) is 6.78. The van der Waals surface area contributed by atoms with Crippen LogP contribution in [-0.2, 0) is 9.84 Å². The average Bonchev–Trinajstić information content (AvgIpc) is 3.17. The first-order valence-corrected chi connectivity index (χ1v) is 11.1. The predicted octanol–water partition coefficient (Wildman–Crippen LogP) is 3.66. The molecule has 1 aliphatic rings. The van der Waals surface area contributed by atoms with Gasteiger partial charge in [-0.2, -0.15) is 5.10 Å². The number of nitrogens with zero attached hydrogens (tertiary/aromatic N) is 3. The first-order valence-electron chi connectivity index (χ1n) is 8.55. The molecule has 1 amide bonds. The summed E-state index contributed by atoms with van der Waals surface area (Å²) in [6.45, 7) is 1.78. The molecule has 1 unspecified atom stereocenters. The van der Waals surface area contributed by atoms with Crippen LogP contribution in [0.1, 0.15) is 28.6 Å². The molecule has 0 radical (unpaired) electrons. The van der Waals surface area contributed by atoms with E-state index in [2.05, 4.69) is 15.4 Å². The zero-order valence-corrected chi connectivity index (χ0v) is 17.1. The number of hydrogen-bond donors (Lipinski definition) is 1. The molecule has 0 bridgehead atoms. The van der Waals surface area contributed by atoms with Crippen molar-refractivity contribution in [2.75, 3.05) is 16.8 Å². The van der Waals surface area contributed by atoms with Crippen LogP contribution in [0.2, 0.25) is 10.0 Å². The molecule has 10 heteroatoms. The summed E-state index contributed by atoms with van der Waals surface area (Å²) in [6.07, 6.45) is 0.465. The summed E-state index contributed by atoms with van der Waals surface area (Å²) in [5.41, 5.74) is 1.37. The summed E-state index contributed by atoms with van der Waals surface area (Å²) in [7, 11) is -3.08. The number of sulfone groups is 1. The van der Waals surface area contributed by atoms with E-state index < -0.39 is 15.7 Å². The van der Waals surface area contributed by atoms with Crippen molar-refractivity contribution in [1.29, 1.82) is 0 Å². The van der Waals surface area contributed by atoms with Crippen LogP contribution in [0.4, 0.5) is 5.82 Å². The zero-order valence-electron chi connectivity index (χ0n) is 14.8. The van der Waals surface area contributed by atoms with Gasteiger partial charge in [0.15, 0.2) is 9.84 Å². The molecule has 1 aromatic carbocycles. The Hall–Kier alpha value is -2.16. The number of aromatic nitrogens is 3. The molecule has 2 aromatic heterocycles. The monoisotopic (exact) mass is 438 g/mol.